The Morgan fingerprint density at radius 1 is 1.32 bits per heavy atom. The summed E-state index contributed by atoms with van der Waals surface area (Å²) in [4.78, 5) is 25.6. The average molecular weight is 264 g/mol. The predicted molar refractivity (Wildman–Crippen MR) is 70.3 cm³/mol. The first-order chi connectivity index (χ1) is 8.93. The van der Waals surface area contributed by atoms with Crippen molar-refractivity contribution < 1.29 is 14.0 Å². The largest absolute Gasteiger partial charge is 0.343 e. The minimum atomic E-state index is -0.584. The molecule has 2 rings (SSSR count). The molecule has 2 unspecified atom stereocenters. The van der Waals surface area contributed by atoms with E-state index in [-0.39, 0.29) is 11.8 Å². The van der Waals surface area contributed by atoms with Crippen LogP contribution < -0.4 is 10.2 Å². The molecule has 0 saturated carbocycles. The summed E-state index contributed by atoms with van der Waals surface area (Å²) in [6.45, 7) is 5.21. The third-order valence-corrected chi connectivity index (χ3v) is 3.27. The number of carbonyl (C=O) groups is 2. The summed E-state index contributed by atoms with van der Waals surface area (Å²) in [5, 5.41) is 2.64. The smallest absolute Gasteiger partial charge is 0.250 e. The molecule has 2 atom stereocenters. The van der Waals surface area contributed by atoms with Crippen LogP contribution in [-0.4, -0.2) is 23.9 Å². The monoisotopic (exact) mass is 264 g/mol. The molecule has 0 aromatic heterocycles. The van der Waals surface area contributed by atoms with Crippen LogP contribution in [0.15, 0.2) is 18.2 Å². The van der Waals surface area contributed by atoms with Crippen LogP contribution in [0.4, 0.5) is 10.1 Å². The topological polar surface area (TPSA) is 49.4 Å². The fourth-order valence-corrected chi connectivity index (χ4v) is 2.38. The Labute approximate surface area is 111 Å². The standard InChI is InChI=1S/C14H17FN2O2/c1-4-12-13(18)16-9(3)14(19)17(12)11-6-8(2)5-10(15)7-11/h5-7,9,12H,4H2,1-3H3,(H,16,18). The second-order valence-corrected chi connectivity index (χ2v) is 4.85. The number of nitrogens with zero attached hydrogens (tertiary/aromatic N) is 1. The summed E-state index contributed by atoms with van der Waals surface area (Å²) >= 11 is 0. The van der Waals surface area contributed by atoms with Crippen molar-refractivity contribution in [1.29, 1.82) is 0 Å². The maximum absolute atomic E-state index is 13.5. The van der Waals surface area contributed by atoms with Crippen LogP contribution in [0, 0.1) is 12.7 Å². The Kier molecular flexibility index (Phi) is 3.55. The van der Waals surface area contributed by atoms with Gasteiger partial charge in [0.2, 0.25) is 11.8 Å². The van der Waals surface area contributed by atoms with Gasteiger partial charge in [-0.15, -0.1) is 0 Å². The molecule has 1 N–H and O–H groups in total. The van der Waals surface area contributed by atoms with E-state index in [1.807, 2.05) is 6.92 Å². The van der Waals surface area contributed by atoms with Crippen LogP contribution >= 0.6 is 0 Å². The van der Waals surface area contributed by atoms with Crippen LogP contribution in [0.3, 0.4) is 0 Å². The lowest BCUT2D eigenvalue weighted by atomic mass is 10.0. The molecule has 0 aliphatic carbocycles. The molecule has 5 heteroatoms. The second kappa shape index (κ2) is 4.99. The molecule has 1 aliphatic heterocycles. The summed E-state index contributed by atoms with van der Waals surface area (Å²) in [5.41, 5.74) is 1.16. The number of piperazine rings is 1. The lowest BCUT2D eigenvalue weighted by Gasteiger charge is -2.37. The summed E-state index contributed by atoms with van der Waals surface area (Å²) in [6.07, 6.45) is 0.486. The van der Waals surface area contributed by atoms with Crippen molar-refractivity contribution in [3.63, 3.8) is 0 Å². The maximum atomic E-state index is 13.5. The van der Waals surface area contributed by atoms with Gasteiger partial charge in [0.15, 0.2) is 0 Å². The van der Waals surface area contributed by atoms with Gasteiger partial charge in [-0.1, -0.05) is 6.92 Å². The van der Waals surface area contributed by atoms with E-state index in [0.717, 1.165) is 5.56 Å². The number of anilines is 1. The Morgan fingerprint density at radius 3 is 2.58 bits per heavy atom. The number of aryl methyl sites for hydroxylation is 1. The fourth-order valence-electron chi connectivity index (χ4n) is 2.38. The number of hydrogen-bond donors (Lipinski definition) is 1. The first-order valence-corrected chi connectivity index (χ1v) is 6.34. The highest BCUT2D eigenvalue weighted by molar-refractivity contribution is 6.08. The zero-order valence-corrected chi connectivity index (χ0v) is 11.2. The third kappa shape index (κ3) is 2.45. The lowest BCUT2D eigenvalue weighted by Crippen LogP contribution is -2.62. The minimum Gasteiger partial charge on any atom is -0.343 e. The molecule has 1 aromatic carbocycles. The van der Waals surface area contributed by atoms with Crippen molar-refractivity contribution in [3.8, 4) is 0 Å². The third-order valence-electron chi connectivity index (χ3n) is 3.27. The lowest BCUT2D eigenvalue weighted by molar-refractivity contribution is -0.133. The van der Waals surface area contributed by atoms with Crippen LogP contribution in [-0.2, 0) is 9.59 Å². The highest BCUT2D eigenvalue weighted by Crippen LogP contribution is 2.25. The molecule has 102 valence electrons. The molecular formula is C14H17FN2O2. The number of amides is 2. The van der Waals surface area contributed by atoms with E-state index in [1.165, 1.54) is 17.0 Å². The molecule has 4 nitrogen and oxygen atoms in total. The maximum Gasteiger partial charge on any atom is 0.250 e. The number of carbonyl (C=O) groups excluding carboxylic acids is 2. The molecule has 0 spiro atoms. The van der Waals surface area contributed by atoms with Gasteiger partial charge in [0.1, 0.15) is 17.9 Å². The molecule has 1 aliphatic rings. The molecule has 2 amide bonds. The van der Waals surface area contributed by atoms with E-state index in [0.29, 0.717) is 12.1 Å². The van der Waals surface area contributed by atoms with E-state index < -0.39 is 17.9 Å². The molecule has 0 radical (unpaired) electrons. The predicted octanol–water partition coefficient (Wildman–Crippen LogP) is 1.76. The number of halogens is 1. The van der Waals surface area contributed by atoms with Crippen LogP contribution in [0.5, 0.6) is 0 Å². The van der Waals surface area contributed by atoms with Gasteiger partial charge in [-0.05, 0) is 44.0 Å². The molecule has 1 aromatic rings. The van der Waals surface area contributed by atoms with Gasteiger partial charge in [0, 0.05) is 5.69 Å². The van der Waals surface area contributed by atoms with Crippen molar-refractivity contribution in [2.24, 2.45) is 0 Å². The van der Waals surface area contributed by atoms with Crippen molar-refractivity contribution >= 4 is 17.5 Å². The summed E-state index contributed by atoms with van der Waals surface area (Å²) in [5.74, 6) is -0.816. The highest BCUT2D eigenvalue weighted by atomic mass is 19.1. The highest BCUT2D eigenvalue weighted by Gasteiger charge is 2.38. The Morgan fingerprint density at radius 2 is 2.00 bits per heavy atom. The Bertz CT molecular complexity index is 510. The van der Waals surface area contributed by atoms with E-state index in [4.69, 9.17) is 0 Å². The van der Waals surface area contributed by atoms with Crippen LogP contribution in [0.25, 0.3) is 0 Å². The van der Waals surface area contributed by atoms with Crippen molar-refractivity contribution in [2.45, 2.75) is 39.3 Å². The van der Waals surface area contributed by atoms with Crippen LogP contribution in [0.2, 0.25) is 0 Å². The zero-order valence-electron chi connectivity index (χ0n) is 11.2. The van der Waals surface area contributed by atoms with Gasteiger partial charge in [-0.25, -0.2) is 4.39 Å². The molecule has 0 bridgehead atoms. The Balaban J connectivity index is 2.48. The van der Waals surface area contributed by atoms with Gasteiger partial charge in [-0.3, -0.25) is 14.5 Å². The number of benzene rings is 1. The summed E-state index contributed by atoms with van der Waals surface area (Å²) in [7, 11) is 0. The van der Waals surface area contributed by atoms with E-state index in [9.17, 15) is 14.0 Å². The number of nitrogens with one attached hydrogen (secondary N) is 1. The van der Waals surface area contributed by atoms with Gasteiger partial charge < -0.3 is 5.32 Å². The first kappa shape index (κ1) is 13.5. The van der Waals surface area contributed by atoms with Crippen molar-refractivity contribution in [2.75, 3.05) is 4.90 Å². The van der Waals surface area contributed by atoms with Crippen molar-refractivity contribution in [1.82, 2.24) is 5.32 Å². The van der Waals surface area contributed by atoms with Crippen LogP contribution in [0.1, 0.15) is 25.8 Å². The summed E-state index contributed by atoms with van der Waals surface area (Å²) in [6, 6.07) is 3.24. The average Bonchev–Trinajstić information content (AvgIpc) is 2.32. The fraction of sp³-hybridized carbons (Fsp3) is 0.429. The Hall–Kier alpha value is -1.91. The van der Waals surface area contributed by atoms with E-state index in [1.54, 1.807) is 19.9 Å². The molecule has 19 heavy (non-hydrogen) atoms. The van der Waals surface area contributed by atoms with Gasteiger partial charge in [0.05, 0.1) is 0 Å². The zero-order chi connectivity index (χ0) is 14.2. The molecule has 1 saturated heterocycles. The molecular weight excluding hydrogens is 247 g/mol. The minimum absolute atomic E-state index is 0.198. The van der Waals surface area contributed by atoms with Gasteiger partial charge in [-0.2, -0.15) is 0 Å². The molecule has 1 fully saturated rings. The van der Waals surface area contributed by atoms with Crippen molar-refractivity contribution in [3.05, 3.63) is 29.6 Å². The van der Waals surface area contributed by atoms with Gasteiger partial charge >= 0.3 is 0 Å². The van der Waals surface area contributed by atoms with E-state index >= 15 is 0 Å². The molecule has 1 heterocycles. The van der Waals surface area contributed by atoms with E-state index in [2.05, 4.69) is 5.32 Å². The SMILES string of the molecule is CCC1C(=O)NC(C)C(=O)N1c1cc(C)cc(F)c1. The van der Waals surface area contributed by atoms with Gasteiger partial charge in [0.25, 0.3) is 0 Å². The summed E-state index contributed by atoms with van der Waals surface area (Å²) < 4.78 is 13.5. The first-order valence-electron chi connectivity index (χ1n) is 6.34. The number of rotatable bonds is 2. The number of hydrogen-bond acceptors (Lipinski definition) is 2. The normalized spacial score (nSPS) is 23.5. The second-order valence-electron chi connectivity index (χ2n) is 4.85. The quantitative estimate of drug-likeness (QED) is 0.885.